The highest BCUT2D eigenvalue weighted by atomic mass is 16.5. The van der Waals surface area contributed by atoms with E-state index >= 15 is 0 Å². The topological polar surface area (TPSA) is 68.7 Å². The van der Waals surface area contributed by atoms with Gasteiger partial charge in [-0.3, -0.25) is 4.98 Å². The van der Waals surface area contributed by atoms with Gasteiger partial charge in [-0.1, -0.05) is 0 Å². The normalized spacial score (nSPS) is 10.0. The number of hydrogen-bond acceptors (Lipinski definition) is 4. The quantitative estimate of drug-likeness (QED) is 0.913. The Bertz CT molecular complexity index is 610. The fourth-order valence-electron chi connectivity index (χ4n) is 1.74. The van der Waals surface area contributed by atoms with Gasteiger partial charge in [0.15, 0.2) is 0 Å². The van der Waals surface area contributed by atoms with Gasteiger partial charge in [-0.05, 0) is 24.3 Å². The number of aromatic carboxylic acids is 1. The van der Waals surface area contributed by atoms with Crippen molar-refractivity contribution in [3.63, 3.8) is 0 Å². The fourth-order valence-corrected chi connectivity index (χ4v) is 1.74. The molecule has 2 aromatic rings. The van der Waals surface area contributed by atoms with Crippen molar-refractivity contribution in [2.24, 2.45) is 0 Å². The molecule has 0 amide bonds. The number of carboxylic acids is 1. The molecule has 1 heterocycles. The third-order valence-corrected chi connectivity index (χ3v) is 2.71. The van der Waals surface area contributed by atoms with Crippen LogP contribution in [-0.2, 0) is 0 Å². The third kappa shape index (κ3) is 2.65. The van der Waals surface area contributed by atoms with Gasteiger partial charge in [0.05, 0.1) is 26.0 Å². The molecular weight excluding hydrogens is 246 g/mol. The lowest BCUT2D eigenvalue weighted by Gasteiger charge is -2.10. The van der Waals surface area contributed by atoms with Crippen molar-refractivity contribution in [3.05, 3.63) is 42.2 Å². The number of carbonyl (C=O) groups is 1. The van der Waals surface area contributed by atoms with E-state index in [2.05, 4.69) is 4.98 Å². The number of nitrogens with zero attached hydrogens (tertiary/aromatic N) is 1. The van der Waals surface area contributed by atoms with Crippen LogP contribution in [0, 0.1) is 0 Å². The smallest absolute Gasteiger partial charge is 0.335 e. The van der Waals surface area contributed by atoms with E-state index in [1.165, 1.54) is 19.2 Å². The zero-order chi connectivity index (χ0) is 13.8. The molecule has 98 valence electrons. The van der Waals surface area contributed by atoms with Gasteiger partial charge in [0.2, 0.25) is 0 Å². The maximum atomic E-state index is 10.9. The maximum Gasteiger partial charge on any atom is 0.335 e. The van der Waals surface area contributed by atoms with Gasteiger partial charge in [0, 0.05) is 17.3 Å². The molecule has 5 heteroatoms. The number of benzene rings is 1. The Balaban J connectivity index is 2.51. The Kier molecular flexibility index (Phi) is 3.66. The Morgan fingerprint density at radius 1 is 1.16 bits per heavy atom. The van der Waals surface area contributed by atoms with Crippen molar-refractivity contribution in [2.45, 2.75) is 0 Å². The lowest BCUT2D eigenvalue weighted by Crippen LogP contribution is -1.98. The van der Waals surface area contributed by atoms with Gasteiger partial charge in [0.1, 0.15) is 11.5 Å². The SMILES string of the molecule is COc1cncc(-c2ccc(C(=O)O)cc2OC)c1. The summed E-state index contributed by atoms with van der Waals surface area (Å²) in [6, 6.07) is 6.51. The van der Waals surface area contributed by atoms with Crippen LogP contribution in [0.2, 0.25) is 0 Å². The second-order valence-electron chi connectivity index (χ2n) is 3.83. The minimum Gasteiger partial charge on any atom is -0.496 e. The predicted octanol–water partition coefficient (Wildman–Crippen LogP) is 2.46. The first-order valence-corrected chi connectivity index (χ1v) is 5.56. The molecule has 0 aliphatic heterocycles. The van der Waals surface area contributed by atoms with E-state index in [1.807, 2.05) is 6.07 Å². The Morgan fingerprint density at radius 3 is 2.58 bits per heavy atom. The average Bonchev–Trinajstić information content (AvgIpc) is 2.46. The third-order valence-electron chi connectivity index (χ3n) is 2.71. The van der Waals surface area contributed by atoms with Crippen LogP contribution in [-0.4, -0.2) is 30.3 Å². The van der Waals surface area contributed by atoms with E-state index in [0.29, 0.717) is 11.5 Å². The monoisotopic (exact) mass is 259 g/mol. The summed E-state index contributed by atoms with van der Waals surface area (Å²) in [6.45, 7) is 0. The minimum absolute atomic E-state index is 0.177. The summed E-state index contributed by atoms with van der Waals surface area (Å²) >= 11 is 0. The number of carboxylic acid groups (broad SMARTS) is 1. The molecule has 0 bridgehead atoms. The molecule has 2 rings (SSSR count). The molecule has 0 fully saturated rings. The van der Waals surface area contributed by atoms with Crippen molar-refractivity contribution >= 4 is 5.97 Å². The summed E-state index contributed by atoms with van der Waals surface area (Å²) in [5.41, 5.74) is 1.74. The molecular formula is C14H13NO4. The van der Waals surface area contributed by atoms with E-state index in [1.54, 1.807) is 25.6 Å². The first kappa shape index (κ1) is 12.9. The number of pyridine rings is 1. The van der Waals surface area contributed by atoms with E-state index in [-0.39, 0.29) is 5.56 Å². The maximum absolute atomic E-state index is 10.9. The van der Waals surface area contributed by atoms with Crippen molar-refractivity contribution in [3.8, 4) is 22.6 Å². The Hall–Kier alpha value is -2.56. The number of aromatic nitrogens is 1. The zero-order valence-corrected chi connectivity index (χ0v) is 10.6. The van der Waals surface area contributed by atoms with Crippen LogP contribution in [0.15, 0.2) is 36.7 Å². The number of methoxy groups -OCH3 is 2. The van der Waals surface area contributed by atoms with Crippen LogP contribution in [0.1, 0.15) is 10.4 Å². The van der Waals surface area contributed by atoms with Crippen LogP contribution >= 0.6 is 0 Å². The summed E-state index contributed by atoms with van der Waals surface area (Å²) in [5, 5.41) is 8.96. The van der Waals surface area contributed by atoms with E-state index in [4.69, 9.17) is 14.6 Å². The van der Waals surface area contributed by atoms with Crippen LogP contribution in [0.25, 0.3) is 11.1 Å². The molecule has 19 heavy (non-hydrogen) atoms. The van der Waals surface area contributed by atoms with Crippen molar-refractivity contribution in [1.82, 2.24) is 4.98 Å². The van der Waals surface area contributed by atoms with Crippen LogP contribution < -0.4 is 9.47 Å². The first-order valence-electron chi connectivity index (χ1n) is 5.56. The summed E-state index contributed by atoms with van der Waals surface area (Å²) in [5.74, 6) is 0.116. The van der Waals surface area contributed by atoms with Crippen LogP contribution in [0.3, 0.4) is 0 Å². The molecule has 0 unspecified atom stereocenters. The van der Waals surface area contributed by atoms with Crippen molar-refractivity contribution < 1.29 is 19.4 Å². The molecule has 1 aromatic carbocycles. The minimum atomic E-state index is -0.992. The van der Waals surface area contributed by atoms with Crippen molar-refractivity contribution in [1.29, 1.82) is 0 Å². The average molecular weight is 259 g/mol. The fraction of sp³-hybridized carbons (Fsp3) is 0.143. The Morgan fingerprint density at radius 2 is 1.95 bits per heavy atom. The highest BCUT2D eigenvalue weighted by Gasteiger charge is 2.11. The molecule has 0 spiro atoms. The van der Waals surface area contributed by atoms with E-state index in [9.17, 15) is 4.79 Å². The van der Waals surface area contributed by atoms with Crippen LogP contribution in [0.5, 0.6) is 11.5 Å². The molecule has 5 nitrogen and oxygen atoms in total. The predicted molar refractivity (Wildman–Crippen MR) is 69.7 cm³/mol. The highest BCUT2D eigenvalue weighted by molar-refractivity contribution is 5.89. The standard InChI is InChI=1S/C14H13NO4/c1-18-11-5-10(7-15-8-11)12-4-3-9(14(16)17)6-13(12)19-2/h3-8H,1-2H3,(H,16,17). The molecule has 0 atom stereocenters. The molecule has 1 N–H and O–H groups in total. The van der Waals surface area contributed by atoms with E-state index < -0.39 is 5.97 Å². The lowest BCUT2D eigenvalue weighted by molar-refractivity contribution is 0.0696. The van der Waals surface area contributed by atoms with Crippen molar-refractivity contribution in [2.75, 3.05) is 14.2 Å². The highest BCUT2D eigenvalue weighted by Crippen LogP contribution is 2.32. The molecule has 0 radical (unpaired) electrons. The number of ether oxygens (including phenoxy) is 2. The molecule has 0 saturated heterocycles. The van der Waals surface area contributed by atoms with Gasteiger partial charge in [0.25, 0.3) is 0 Å². The van der Waals surface area contributed by atoms with Gasteiger partial charge in [-0.2, -0.15) is 0 Å². The largest absolute Gasteiger partial charge is 0.496 e. The second kappa shape index (κ2) is 5.39. The number of rotatable bonds is 4. The molecule has 0 saturated carbocycles. The lowest BCUT2D eigenvalue weighted by atomic mass is 10.0. The van der Waals surface area contributed by atoms with E-state index in [0.717, 1.165) is 11.1 Å². The van der Waals surface area contributed by atoms with Gasteiger partial charge >= 0.3 is 5.97 Å². The Labute approximate surface area is 110 Å². The number of hydrogen-bond donors (Lipinski definition) is 1. The van der Waals surface area contributed by atoms with Crippen LogP contribution in [0.4, 0.5) is 0 Å². The zero-order valence-electron chi connectivity index (χ0n) is 10.6. The first-order chi connectivity index (χ1) is 9.15. The van der Waals surface area contributed by atoms with Gasteiger partial charge < -0.3 is 14.6 Å². The van der Waals surface area contributed by atoms with Gasteiger partial charge in [-0.25, -0.2) is 4.79 Å². The molecule has 0 aliphatic rings. The summed E-state index contributed by atoms with van der Waals surface area (Å²) in [7, 11) is 3.06. The molecule has 0 aliphatic carbocycles. The molecule has 1 aromatic heterocycles. The summed E-state index contributed by atoms with van der Waals surface area (Å²) < 4.78 is 10.3. The van der Waals surface area contributed by atoms with Gasteiger partial charge in [-0.15, -0.1) is 0 Å². The summed E-state index contributed by atoms with van der Waals surface area (Å²) in [4.78, 5) is 15.0. The summed E-state index contributed by atoms with van der Waals surface area (Å²) in [6.07, 6.45) is 3.27. The second-order valence-corrected chi connectivity index (χ2v) is 3.83.